The molecule has 7 nitrogen and oxygen atoms in total. The Bertz CT molecular complexity index is 920. The quantitative estimate of drug-likeness (QED) is 0.517. The zero-order chi connectivity index (χ0) is 20.3. The van der Waals surface area contributed by atoms with Crippen LogP contribution in [0.15, 0.2) is 48.5 Å². The molecule has 1 aliphatic rings. The predicted molar refractivity (Wildman–Crippen MR) is 99.2 cm³/mol. The molecular weight excluding hydrogens is 409 g/mol. The molecule has 3 rings (SSSR count). The van der Waals surface area contributed by atoms with E-state index in [2.05, 4.69) is 0 Å². The summed E-state index contributed by atoms with van der Waals surface area (Å²) in [6.45, 7) is 0.881. The number of hydrogen-bond donors (Lipinski definition) is 0. The highest BCUT2D eigenvalue weighted by molar-refractivity contribution is 6.35. The van der Waals surface area contributed by atoms with Gasteiger partial charge in [-0.1, -0.05) is 59.6 Å². The minimum absolute atomic E-state index is 0.0681. The van der Waals surface area contributed by atoms with Gasteiger partial charge in [-0.15, -0.1) is 5.06 Å². The topological polar surface area (TPSA) is 82.1 Å². The fraction of sp³-hybridized carbons (Fsp3) is 0.211. The first-order valence-corrected chi connectivity index (χ1v) is 8.92. The van der Waals surface area contributed by atoms with Crippen molar-refractivity contribution in [2.24, 2.45) is 0 Å². The van der Waals surface area contributed by atoms with Crippen LogP contribution in [0.25, 0.3) is 0 Å². The van der Waals surface area contributed by atoms with Crippen LogP contribution in [0, 0.1) is 0 Å². The molecule has 0 radical (unpaired) electrons. The molecule has 1 unspecified atom stereocenters. The number of imide groups is 1. The molecule has 1 atom stereocenters. The zero-order valence-electron chi connectivity index (χ0n) is 14.7. The lowest BCUT2D eigenvalue weighted by Gasteiger charge is -2.18. The number of esters is 1. The average molecular weight is 424 g/mol. The van der Waals surface area contributed by atoms with Crippen LogP contribution in [-0.4, -0.2) is 28.6 Å². The number of ether oxygens (including phenoxy) is 2. The normalized spacial score (nSPS) is 18.9. The van der Waals surface area contributed by atoms with Gasteiger partial charge in [-0.25, -0.2) is 9.59 Å². The van der Waals surface area contributed by atoms with Gasteiger partial charge in [0.2, 0.25) is 0 Å². The molecule has 9 heteroatoms. The second kappa shape index (κ2) is 8.18. The number of amides is 2. The van der Waals surface area contributed by atoms with Gasteiger partial charge in [0.25, 0.3) is 5.60 Å². The summed E-state index contributed by atoms with van der Waals surface area (Å²) in [5.41, 5.74) is -0.913. The molecule has 1 fully saturated rings. The molecule has 2 aromatic carbocycles. The standard InChI is InChI=1S/C19H15Cl2NO6/c1-19(17(24)26-10-12-5-3-2-4-6-12)16(23)22(18(25)28-19)27-11-13-7-8-14(20)9-15(13)21/h2-9H,10-11H2,1H3. The van der Waals surface area contributed by atoms with Crippen LogP contribution in [-0.2, 0) is 37.1 Å². The van der Waals surface area contributed by atoms with E-state index in [1.807, 2.05) is 6.07 Å². The highest BCUT2D eigenvalue weighted by atomic mass is 35.5. The zero-order valence-corrected chi connectivity index (χ0v) is 16.2. The van der Waals surface area contributed by atoms with Gasteiger partial charge in [-0.05, 0) is 30.2 Å². The molecule has 0 spiro atoms. The number of rotatable bonds is 6. The molecule has 2 amide bonds. The van der Waals surface area contributed by atoms with Gasteiger partial charge in [0, 0.05) is 10.0 Å². The number of cyclic esters (lactones) is 1. The van der Waals surface area contributed by atoms with Crippen molar-refractivity contribution in [3.05, 3.63) is 69.7 Å². The number of hydrogen-bond acceptors (Lipinski definition) is 6. The number of benzene rings is 2. The first kappa shape index (κ1) is 20.1. The van der Waals surface area contributed by atoms with Crippen molar-refractivity contribution in [3.8, 4) is 0 Å². The van der Waals surface area contributed by atoms with Gasteiger partial charge in [0.05, 0.1) is 0 Å². The van der Waals surface area contributed by atoms with E-state index in [4.69, 9.17) is 37.5 Å². The maximum atomic E-state index is 12.6. The van der Waals surface area contributed by atoms with Crippen molar-refractivity contribution in [1.82, 2.24) is 5.06 Å². The fourth-order valence-electron chi connectivity index (χ4n) is 2.41. The van der Waals surface area contributed by atoms with E-state index in [1.54, 1.807) is 36.4 Å². The Morgan fingerprint density at radius 2 is 1.82 bits per heavy atom. The minimum Gasteiger partial charge on any atom is -0.457 e. The Kier molecular flexibility index (Phi) is 5.88. The third kappa shape index (κ3) is 4.11. The van der Waals surface area contributed by atoms with Crippen molar-refractivity contribution in [3.63, 3.8) is 0 Å². The monoisotopic (exact) mass is 423 g/mol. The Morgan fingerprint density at radius 1 is 1.11 bits per heavy atom. The fourth-order valence-corrected chi connectivity index (χ4v) is 2.87. The summed E-state index contributed by atoms with van der Waals surface area (Å²) in [5, 5.41) is 1.12. The number of hydroxylamine groups is 2. The maximum absolute atomic E-state index is 12.6. The van der Waals surface area contributed by atoms with Crippen molar-refractivity contribution in [1.29, 1.82) is 0 Å². The minimum atomic E-state index is -2.13. The summed E-state index contributed by atoms with van der Waals surface area (Å²) in [4.78, 5) is 42.2. The Labute approximate surface area is 170 Å². The van der Waals surface area contributed by atoms with Gasteiger partial charge >= 0.3 is 18.0 Å². The third-order valence-electron chi connectivity index (χ3n) is 4.02. The molecule has 1 aliphatic heterocycles. The second-order valence-electron chi connectivity index (χ2n) is 6.07. The van der Waals surface area contributed by atoms with Crippen LogP contribution in [0.5, 0.6) is 0 Å². The van der Waals surface area contributed by atoms with Crippen molar-refractivity contribution in [2.45, 2.75) is 25.7 Å². The molecule has 1 heterocycles. The lowest BCUT2D eigenvalue weighted by Crippen LogP contribution is -2.46. The van der Waals surface area contributed by atoms with Crippen LogP contribution in [0.4, 0.5) is 4.79 Å². The largest absolute Gasteiger partial charge is 0.457 e. The highest BCUT2D eigenvalue weighted by Crippen LogP contribution is 2.28. The first-order chi connectivity index (χ1) is 13.3. The van der Waals surface area contributed by atoms with Gasteiger partial charge in [-0.2, -0.15) is 0 Å². The van der Waals surface area contributed by atoms with Crippen LogP contribution < -0.4 is 0 Å². The Hall–Kier alpha value is -2.61. The average Bonchev–Trinajstić information content (AvgIpc) is 2.89. The van der Waals surface area contributed by atoms with E-state index in [0.717, 1.165) is 12.5 Å². The summed E-state index contributed by atoms with van der Waals surface area (Å²) in [6.07, 6.45) is -1.12. The van der Waals surface area contributed by atoms with Gasteiger partial charge in [-0.3, -0.25) is 9.63 Å². The molecule has 28 heavy (non-hydrogen) atoms. The number of carbonyl (C=O) groups is 3. The van der Waals surface area contributed by atoms with Gasteiger partial charge in [0.15, 0.2) is 0 Å². The summed E-state index contributed by atoms with van der Waals surface area (Å²) < 4.78 is 10.1. The number of carbonyl (C=O) groups excluding carboxylic acids is 3. The molecule has 146 valence electrons. The Morgan fingerprint density at radius 3 is 2.50 bits per heavy atom. The number of nitrogens with zero attached hydrogens (tertiary/aromatic N) is 1. The van der Waals surface area contributed by atoms with Crippen molar-refractivity contribution >= 4 is 41.2 Å². The van der Waals surface area contributed by atoms with E-state index < -0.39 is 23.6 Å². The third-order valence-corrected chi connectivity index (χ3v) is 4.60. The van der Waals surface area contributed by atoms with Gasteiger partial charge in [0.1, 0.15) is 13.2 Å². The van der Waals surface area contributed by atoms with E-state index >= 15 is 0 Å². The molecule has 0 saturated carbocycles. The summed E-state index contributed by atoms with van der Waals surface area (Å²) >= 11 is 11.9. The highest BCUT2D eigenvalue weighted by Gasteiger charge is 2.58. The lowest BCUT2D eigenvalue weighted by atomic mass is 10.1. The molecular formula is C19H15Cl2NO6. The summed E-state index contributed by atoms with van der Waals surface area (Å²) in [7, 11) is 0. The van der Waals surface area contributed by atoms with E-state index in [-0.39, 0.29) is 13.2 Å². The molecule has 0 bridgehead atoms. The van der Waals surface area contributed by atoms with Crippen LogP contribution in [0.1, 0.15) is 18.1 Å². The van der Waals surface area contributed by atoms with Crippen molar-refractivity contribution < 1.29 is 28.7 Å². The first-order valence-electron chi connectivity index (χ1n) is 8.17. The van der Waals surface area contributed by atoms with Crippen LogP contribution >= 0.6 is 23.2 Å². The predicted octanol–water partition coefficient (Wildman–Crippen LogP) is 3.91. The molecule has 1 saturated heterocycles. The van der Waals surface area contributed by atoms with E-state index in [9.17, 15) is 14.4 Å². The molecule has 0 N–H and O–H groups in total. The molecule has 0 aliphatic carbocycles. The number of halogens is 2. The summed E-state index contributed by atoms with van der Waals surface area (Å²) in [6, 6.07) is 13.6. The van der Waals surface area contributed by atoms with Crippen molar-refractivity contribution in [2.75, 3.05) is 0 Å². The SMILES string of the molecule is CC1(C(=O)OCc2ccccc2)OC(=O)N(OCc2ccc(Cl)cc2Cl)C1=O. The summed E-state index contributed by atoms with van der Waals surface area (Å²) in [5.74, 6) is -1.98. The lowest BCUT2D eigenvalue weighted by molar-refractivity contribution is -0.177. The second-order valence-corrected chi connectivity index (χ2v) is 6.92. The maximum Gasteiger partial charge on any atom is 0.443 e. The molecule has 0 aromatic heterocycles. The smallest absolute Gasteiger partial charge is 0.443 e. The van der Waals surface area contributed by atoms with E-state index in [1.165, 1.54) is 6.07 Å². The van der Waals surface area contributed by atoms with Gasteiger partial charge < -0.3 is 9.47 Å². The van der Waals surface area contributed by atoms with Crippen LogP contribution in [0.3, 0.4) is 0 Å². The van der Waals surface area contributed by atoms with Crippen LogP contribution in [0.2, 0.25) is 10.0 Å². The molecule has 2 aromatic rings. The Balaban J connectivity index is 1.65. The van der Waals surface area contributed by atoms with E-state index in [0.29, 0.717) is 20.7 Å².